The number of carbonyl (C=O) groups is 1. The smallest absolute Gasteiger partial charge is 0.266 e. The molecule has 24 heavy (non-hydrogen) atoms. The first-order chi connectivity index (χ1) is 11.4. The van der Waals surface area contributed by atoms with Gasteiger partial charge < -0.3 is 10.1 Å². The monoisotopic (exact) mass is 320 g/mol. The number of anilines is 1. The van der Waals surface area contributed by atoms with Crippen LogP contribution in [-0.4, -0.2) is 13.0 Å². The predicted molar refractivity (Wildman–Crippen MR) is 95.9 cm³/mol. The van der Waals surface area contributed by atoms with Crippen LogP contribution in [0.15, 0.2) is 42.0 Å². The molecule has 2 aromatic rings. The van der Waals surface area contributed by atoms with Gasteiger partial charge in [0, 0.05) is 5.69 Å². The minimum atomic E-state index is -0.419. The summed E-state index contributed by atoms with van der Waals surface area (Å²) >= 11 is 0. The van der Waals surface area contributed by atoms with E-state index in [-0.39, 0.29) is 5.57 Å². The molecule has 1 amide bonds. The number of nitrogens with one attached hydrogen (secondary N) is 1. The van der Waals surface area contributed by atoms with E-state index in [9.17, 15) is 10.1 Å². The lowest BCUT2D eigenvalue weighted by molar-refractivity contribution is -0.112. The molecule has 0 aliphatic rings. The van der Waals surface area contributed by atoms with Gasteiger partial charge in [-0.25, -0.2) is 0 Å². The lowest BCUT2D eigenvalue weighted by atomic mass is 10.0. The van der Waals surface area contributed by atoms with Crippen molar-refractivity contribution in [2.24, 2.45) is 0 Å². The molecule has 0 spiro atoms. The third-order valence-electron chi connectivity index (χ3n) is 3.62. The Bertz CT molecular complexity index is 825. The fourth-order valence-corrected chi connectivity index (χ4v) is 2.49. The summed E-state index contributed by atoms with van der Waals surface area (Å²) < 4.78 is 5.17. The van der Waals surface area contributed by atoms with Crippen LogP contribution in [0.1, 0.15) is 22.3 Å². The van der Waals surface area contributed by atoms with Crippen LogP contribution in [0.4, 0.5) is 5.69 Å². The summed E-state index contributed by atoms with van der Waals surface area (Å²) in [5.74, 6) is 0.320. The summed E-state index contributed by atoms with van der Waals surface area (Å²) in [4.78, 5) is 12.4. The topological polar surface area (TPSA) is 62.1 Å². The van der Waals surface area contributed by atoms with E-state index in [0.29, 0.717) is 5.69 Å². The standard InChI is InChI=1S/C20H20N2O2/c1-13-7-14(2)9-18(8-13)22-20(23)17(12-21)11-16-5-6-19(24-4)10-15(16)3/h5-11H,1-4H3,(H,22,23). The zero-order valence-corrected chi connectivity index (χ0v) is 14.3. The van der Waals surface area contributed by atoms with Gasteiger partial charge in [0.05, 0.1) is 7.11 Å². The zero-order valence-electron chi connectivity index (χ0n) is 14.3. The van der Waals surface area contributed by atoms with E-state index in [1.807, 2.05) is 57.2 Å². The molecule has 0 saturated heterocycles. The van der Waals surface area contributed by atoms with Crippen molar-refractivity contribution in [2.75, 3.05) is 12.4 Å². The molecule has 0 unspecified atom stereocenters. The molecule has 0 aromatic heterocycles. The minimum absolute atomic E-state index is 0.0578. The maximum atomic E-state index is 12.4. The molecule has 0 radical (unpaired) electrons. The Morgan fingerprint density at radius 2 is 1.79 bits per heavy atom. The van der Waals surface area contributed by atoms with Gasteiger partial charge in [-0.05, 0) is 73.4 Å². The summed E-state index contributed by atoms with van der Waals surface area (Å²) in [5.41, 5.74) is 4.59. The quantitative estimate of drug-likeness (QED) is 0.679. The van der Waals surface area contributed by atoms with Crippen molar-refractivity contribution < 1.29 is 9.53 Å². The highest BCUT2D eigenvalue weighted by Gasteiger charge is 2.11. The highest BCUT2D eigenvalue weighted by Crippen LogP contribution is 2.20. The first kappa shape index (κ1) is 17.3. The predicted octanol–water partition coefficient (Wildman–Crippen LogP) is 4.17. The van der Waals surface area contributed by atoms with Crippen LogP contribution in [0, 0.1) is 32.1 Å². The van der Waals surface area contributed by atoms with Crippen LogP contribution in [0.2, 0.25) is 0 Å². The molecule has 0 atom stereocenters. The molecule has 4 heteroatoms. The van der Waals surface area contributed by atoms with Gasteiger partial charge in [0.2, 0.25) is 0 Å². The zero-order chi connectivity index (χ0) is 17.7. The fourth-order valence-electron chi connectivity index (χ4n) is 2.49. The number of hydrogen-bond donors (Lipinski definition) is 1. The molecule has 122 valence electrons. The molecule has 4 nitrogen and oxygen atoms in total. The van der Waals surface area contributed by atoms with Gasteiger partial charge in [0.1, 0.15) is 17.4 Å². The van der Waals surface area contributed by atoms with Crippen LogP contribution in [0.3, 0.4) is 0 Å². The second-order valence-corrected chi connectivity index (χ2v) is 5.72. The Kier molecular flexibility index (Phi) is 5.39. The van der Waals surface area contributed by atoms with E-state index in [2.05, 4.69) is 5.32 Å². The summed E-state index contributed by atoms with van der Waals surface area (Å²) in [6.45, 7) is 5.83. The van der Waals surface area contributed by atoms with E-state index in [4.69, 9.17) is 4.74 Å². The van der Waals surface area contributed by atoms with Crippen LogP contribution < -0.4 is 10.1 Å². The van der Waals surface area contributed by atoms with Crippen molar-refractivity contribution in [3.63, 3.8) is 0 Å². The van der Waals surface area contributed by atoms with Crippen LogP contribution in [0.25, 0.3) is 6.08 Å². The van der Waals surface area contributed by atoms with Crippen molar-refractivity contribution in [2.45, 2.75) is 20.8 Å². The van der Waals surface area contributed by atoms with Crippen molar-refractivity contribution in [3.8, 4) is 11.8 Å². The molecule has 0 aliphatic carbocycles. The number of carbonyl (C=O) groups excluding carboxylic acids is 1. The largest absolute Gasteiger partial charge is 0.497 e. The molecule has 0 fully saturated rings. The van der Waals surface area contributed by atoms with Crippen molar-refractivity contribution >= 4 is 17.7 Å². The van der Waals surface area contributed by atoms with E-state index in [1.165, 1.54) is 0 Å². The molecule has 0 saturated carbocycles. The molecule has 0 bridgehead atoms. The van der Waals surface area contributed by atoms with Gasteiger partial charge >= 0.3 is 0 Å². The molecule has 1 N–H and O–H groups in total. The average molecular weight is 320 g/mol. The Morgan fingerprint density at radius 1 is 1.12 bits per heavy atom. The van der Waals surface area contributed by atoms with E-state index >= 15 is 0 Å². The lowest BCUT2D eigenvalue weighted by Gasteiger charge is -2.08. The van der Waals surface area contributed by atoms with Gasteiger partial charge in [-0.15, -0.1) is 0 Å². The Labute approximate surface area is 142 Å². The molecule has 0 aliphatic heterocycles. The van der Waals surface area contributed by atoms with E-state index < -0.39 is 5.91 Å². The summed E-state index contributed by atoms with van der Waals surface area (Å²) in [7, 11) is 1.60. The first-order valence-corrected chi connectivity index (χ1v) is 7.59. The number of nitrogens with zero attached hydrogens (tertiary/aromatic N) is 1. The molecular formula is C20H20N2O2. The maximum Gasteiger partial charge on any atom is 0.266 e. The number of benzene rings is 2. The summed E-state index contributed by atoms with van der Waals surface area (Å²) in [6, 6.07) is 13.2. The molecule has 0 heterocycles. The Hall–Kier alpha value is -3.06. The SMILES string of the molecule is COc1ccc(C=C(C#N)C(=O)Nc2cc(C)cc(C)c2)c(C)c1. The molecule has 2 rings (SSSR count). The van der Waals surface area contributed by atoms with Crippen LogP contribution >= 0.6 is 0 Å². The average Bonchev–Trinajstić information content (AvgIpc) is 2.52. The second-order valence-electron chi connectivity index (χ2n) is 5.72. The first-order valence-electron chi connectivity index (χ1n) is 7.59. The van der Waals surface area contributed by atoms with Gasteiger partial charge in [-0.2, -0.15) is 5.26 Å². The van der Waals surface area contributed by atoms with Gasteiger partial charge in [-0.3, -0.25) is 4.79 Å². The summed E-state index contributed by atoms with van der Waals surface area (Å²) in [6.07, 6.45) is 1.59. The van der Waals surface area contributed by atoms with Gasteiger partial charge in [-0.1, -0.05) is 12.1 Å². The van der Waals surface area contributed by atoms with Crippen LogP contribution in [-0.2, 0) is 4.79 Å². The van der Waals surface area contributed by atoms with E-state index in [0.717, 1.165) is 28.0 Å². The number of amides is 1. The highest BCUT2D eigenvalue weighted by molar-refractivity contribution is 6.09. The van der Waals surface area contributed by atoms with Crippen molar-refractivity contribution in [3.05, 3.63) is 64.2 Å². The van der Waals surface area contributed by atoms with Crippen LogP contribution in [0.5, 0.6) is 5.75 Å². The normalized spacial score (nSPS) is 10.9. The third kappa shape index (κ3) is 4.23. The third-order valence-corrected chi connectivity index (χ3v) is 3.62. The van der Waals surface area contributed by atoms with Crippen molar-refractivity contribution in [1.29, 1.82) is 5.26 Å². The number of hydrogen-bond acceptors (Lipinski definition) is 3. The number of nitriles is 1. The summed E-state index contributed by atoms with van der Waals surface area (Å²) in [5, 5.41) is 12.1. The number of ether oxygens (including phenoxy) is 1. The van der Waals surface area contributed by atoms with Gasteiger partial charge in [0.25, 0.3) is 5.91 Å². The lowest BCUT2D eigenvalue weighted by Crippen LogP contribution is -2.13. The number of rotatable bonds is 4. The van der Waals surface area contributed by atoms with Gasteiger partial charge in [0.15, 0.2) is 0 Å². The maximum absolute atomic E-state index is 12.4. The van der Waals surface area contributed by atoms with Crippen molar-refractivity contribution in [1.82, 2.24) is 0 Å². The fraction of sp³-hybridized carbons (Fsp3) is 0.200. The molecule has 2 aromatic carbocycles. The molecular weight excluding hydrogens is 300 g/mol. The second kappa shape index (κ2) is 7.47. The highest BCUT2D eigenvalue weighted by atomic mass is 16.5. The minimum Gasteiger partial charge on any atom is -0.497 e. The number of methoxy groups -OCH3 is 1. The Morgan fingerprint density at radius 3 is 2.33 bits per heavy atom. The number of aryl methyl sites for hydroxylation is 3. The Balaban J connectivity index is 2.27. The van der Waals surface area contributed by atoms with E-state index in [1.54, 1.807) is 19.3 Å².